The average molecular weight is 375 g/mol. The van der Waals surface area contributed by atoms with E-state index in [0.717, 1.165) is 35.2 Å². The van der Waals surface area contributed by atoms with Gasteiger partial charge in [-0.3, -0.25) is 14.7 Å². The van der Waals surface area contributed by atoms with Crippen molar-refractivity contribution >= 4 is 28.5 Å². The number of benzene rings is 1. The lowest BCUT2D eigenvalue weighted by molar-refractivity contribution is -0.118. The summed E-state index contributed by atoms with van der Waals surface area (Å²) in [7, 11) is 0. The maximum Gasteiger partial charge on any atom is 0.255 e. The van der Waals surface area contributed by atoms with E-state index < -0.39 is 0 Å². The second kappa shape index (κ2) is 6.44. The van der Waals surface area contributed by atoms with Crippen LogP contribution in [0.4, 0.5) is 5.69 Å². The van der Waals surface area contributed by atoms with Crippen LogP contribution in [0, 0.1) is 12.8 Å². The zero-order chi connectivity index (χ0) is 19.3. The number of aromatic nitrogens is 3. The molecule has 7 heteroatoms. The van der Waals surface area contributed by atoms with E-state index in [1.54, 1.807) is 6.20 Å². The van der Waals surface area contributed by atoms with Gasteiger partial charge in [0.25, 0.3) is 5.91 Å². The number of rotatable bonds is 2. The van der Waals surface area contributed by atoms with Crippen molar-refractivity contribution in [2.45, 2.75) is 25.7 Å². The normalized spacial score (nSPS) is 19.7. The standard InChI is InChI=1S/C21H21N5O2/c1-12-16-10-14(11-22-19(16)25-24-12)21(28)26-8-6-13(7-9-26)18-15-4-2-3-5-17(15)23-20(18)27/h2-5,10-11,13,18H,6-9H2,1H3,(H,23,27)(H,22,24,25). The molecule has 5 rings (SSSR count). The largest absolute Gasteiger partial charge is 0.339 e. The number of aryl methyl sites for hydroxylation is 1. The Bertz CT molecular complexity index is 1080. The summed E-state index contributed by atoms with van der Waals surface area (Å²) in [5, 5.41) is 10.9. The van der Waals surface area contributed by atoms with Crippen LogP contribution in [0.25, 0.3) is 11.0 Å². The number of fused-ring (bicyclic) bond motifs is 2. The van der Waals surface area contributed by atoms with Gasteiger partial charge >= 0.3 is 0 Å². The number of piperidine rings is 1. The molecule has 28 heavy (non-hydrogen) atoms. The van der Waals surface area contributed by atoms with E-state index in [-0.39, 0.29) is 23.7 Å². The molecule has 2 N–H and O–H groups in total. The Balaban J connectivity index is 1.31. The number of nitrogens with zero attached hydrogens (tertiary/aromatic N) is 3. The monoisotopic (exact) mass is 375 g/mol. The van der Waals surface area contributed by atoms with Gasteiger partial charge in [0.2, 0.25) is 5.91 Å². The molecule has 2 aliphatic rings. The zero-order valence-corrected chi connectivity index (χ0v) is 15.6. The quantitative estimate of drug-likeness (QED) is 0.721. The van der Waals surface area contributed by atoms with Crippen LogP contribution in [0.2, 0.25) is 0 Å². The van der Waals surface area contributed by atoms with Crippen molar-refractivity contribution in [1.29, 1.82) is 0 Å². The fraction of sp³-hybridized carbons (Fsp3) is 0.333. The minimum absolute atomic E-state index is 0.00952. The number of anilines is 1. The molecule has 1 unspecified atom stereocenters. The minimum atomic E-state index is -0.111. The molecule has 3 aromatic rings. The van der Waals surface area contributed by atoms with Crippen LogP contribution < -0.4 is 5.32 Å². The van der Waals surface area contributed by atoms with Crippen molar-refractivity contribution < 1.29 is 9.59 Å². The van der Waals surface area contributed by atoms with E-state index in [1.807, 2.05) is 42.2 Å². The summed E-state index contributed by atoms with van der Waals surface area (Å²) in [5.74, 6) is 0.213. The molecule has 7 nitrogen and oxygen atoms in total. The van der Waals surface area contributed by atoms with Crippen molar-refractivity contribution in [1.82, 2.24) is 20.1 Å². The lowest BCUT2D eigenvalue weighted by Gasteiger charge is -2.34. The molecule has 2 aromatic heterocycles. The first-order valence-corrected chi connectivity index (χ1v) is 9.61. The Hall–Kier alpha value is -3.22. The van der Waals surface area contributed by atoms with E-state index in [1.165, 1.54) is 0 Å². The highest BCUT2D eigenvalue weighted by Gasteiger charge is 2.38. The predicted octanol–water partition coefficient (Wildman–Crippen LogP) is 2.85. The molecule has 0 spiro atoms. The number of amides is 2. The van der Waals surface area contributed by atoms with Gasteiger partial charge in [-0.2, -0.15) is 5.10 Å². The van der Waals surface area contributed by atoms with Gasteiger partial charge in [-0.15, -0.1) is 0 Å². The number of carbonyl (C=O) groups excluding carboxylic acids is 2. The third-order valence-electron chi connectivity index (χ3n) is 5.98. The smallest absolute Gasteiger partial charge is 0.255 e. The number of pyridine rings is 1. The number of H-pyrrole nitrogens is 1. The lowest BCUT2D eigenvalue weighted by atomic mass is 9.80. The first-order chi connectivity index (χ1) is 13.6. The van der Waals surface area contributed by atoms with Gasteiger partial charge < -0.3 is 10.2 Å². The van der Waals surface area contributed by atoms with Crippen LogP contribution in [0.1, 0.15) is 40.4 Å². The van der Waals surface area contributed by atoms with E-state index in [4.69, 9.17) is 0 Å². The first-order valence-electron chi connectivity index (χ1n) is 9.61. The molecule has 1 fully saturated rings. The second-order valence-corrected chi connectivity index (χ2v) is 7.63. The predicted molar refractivity (Wildman–Crippen MR) is 105 cm³/mol. The Morgan fingerprint density at radius 1 is 1.21 bits per heavy atom. The Morgan fingerprint density at radius 2 is 2.00 bits per heavy atom. The second-order valence-electron chi connectivity index (χ2n) is 7.63. The average Bonchev–Trinajstić information content (AvgIpc) is 3.26. The van der Waals surface area contributed by atoms with Crippen LogP contribution in [0.3, 0.4) is 0 Å². The number of nitrogens with one attached hydrogen (secondary N) is 2. The minimum Gasteiger partial charge on any atom is -0.339 e. The van der Waals surface area contributed by atoms with Gasteiger partial charge in [0.05, 0.1) is 11.5 Å². The highest BCUT2D eigenvalue weighted by molar-refractivity contribution is 6.03. The van der Waals surface area contributed by atoms with Gasteiger partial charge in [-0.1, -0.05) is 18.2 Å². The van der Waals surface area contributed by atoms with E-state index in [2.05, 4.69) is 20.5 Å². The van der Waals surface area contributed by atoms with Crippen molar-refractivity contribution in [3.05, 3.63) is 53.3 Å². The van der Waals surface area contributed by atoms with Crippen LogP contribution in [0.15, 0.2) is 36.5 Å². The molecule has 2 amide bonds. The summed E-state index contributed by atoms with van der Waals surface area (Å²) < 4.78 is 0. The molecule has 0 saturated carbocycles. The van der Waals surface area contributed by atoms with Gasteiger partial charge in [0.1, 0.15) is 0 Å². The summed E-state index contributed by atoms with van der Waals surface area (Å²) in [6.45, 7) is 3.22. The summed E-state index contributed by atoms with van der Waals surface area (Å²) in [6.07, 6.45) is 3.23. The summed E-state index contributed by atoms with van der Waals surface area (Å²) >= 11 is 0. The summed E-state index contributed by atoms with van der Waals surface area (Å²) in [4.78, 5) is 31.6. The molecule has 0 bridgehead atoms. The molecule has 0 radical (unpaired) electrons. The molecule has 4 heterocycles. The van der Waals surface area contributed by atoms with Gasteiger partial charge in [-0.25, -0.2) is 4.98 Å². The van der Waals surface area contributed by atoms with Gasteiger partial charge in [0, 0.05) is 36.1 Å². The van der Waals surface area contributed by atoms with Crippen LogP contribution in [-0.4, -0.2) is 45.0 Å². The number of aromatic amines is 1. The van der Waals surface area contributed by atoms with Crippen molar-refractivity contribution in [3.8, 4) is 0 Å². The molecule has 1 aromatic carbocycles. The topological polar surface area (TPSA) is 91.0 Å². The maximum atomic E-state index is 12.9. The number of hydrogen-bond donors (Lipinski definition) is 2. The SMILES string of the molecule is Cc1[nH]nc2ncc(C(=O)N3CCC(C4C(=O)Nc5ccccc54)CC3)cc12. The van der Waals surface area contributed by atoms with E-state index in [0.29, 0.717) is 24.3 Å². The Labute approximate surface area is 162 Å². The van der Waals surface area contributed by atoms with Crippen LogP contribution in [0.5, 0.6) is 0 Å². The summed E-state index contributed by atoms with van der Waals surface area (Å²) in [5.41, 5.74) is 4.12. The van der Waals surface area contributed by atoms with Crippen molar-refractivity contribution in [2.24, 2.45) is 5.92 Å². The van der Waals surface area contributed by atoms with Gasteiger partial charge in [0.15, 0.2) is 5.65 Å². The summed E-state index contributed by atoms with van der Waals surface area (Å²) in [6, 6.07) is 9.76. The fourth-order valence-electron chi connectivity index (χ4n) is 4.46. The van der Waals surface area contributed by atoms with Crippen molar-refractivity contribution in [3.63, 3.8) is 0 Å². The zero-order valence-electron chi connectivity index (χ0n) is 15.6. The molecular formula is C21H21N5O2. The van der Waals surface area contributed by atoms with Crippen LogP contribution >= 0.6 is 0 Å². The number of para-hydroxylation sites is 1. The lowest BCUT2D eigenvalue weighted by Crippen LogP contribution is -2.40. The van der Waals surface area contributed by atoms with Gasteiger partial charge in [-0.05, 0) is 43.4 Å². The fourth-order valence-corrected chi connectivity index (χ4v) is 4.46. The van der Waals surface area contributed by atoms with E-state index in [9.17, 15) is 9.59 Å². The molecule has 0 aliphatic carbocycles. The number of likely N-dealkylation sites (tertiary alicyclic amines) is 1. The third kappa shape index (κ3) is 2.66. The molecule has 2 aliphatic heterocycles. The maximum absolute atomic E-state index is 12.9. The molecule has 142 valence electrons. The first kappa shape index (κ1) is 16.9. The molecular weight excluding hydrogens is 354 g/mol. The Kier molecular flexibility index (Phi) is 3.89. The Morgan fingerprint density at radius 3 is 2.82 bits per heavy atom. The third-order valence-corrected chi connectivity index (χ3v) is 5.98. The highest BCUT2D eigenvalue weighted by Crippen LogP contribution is 2.41. The molecule has 1 saturated heterocycles. The number of hydrogen-bond acceptors (Lipinski definition) is 4. The highest BCUT2D eigenvalue weighted by atomic mass is 16.2. The van der Waals surface area contributed by atoms with E-state index >= 15 is 0 Å². The number of carbonyl (C=O) groups is 2. The molecule has 1 atom stereocenters. The van der Waals surface area contributed by atoms with Crippen molar-refractivity contribution in [2.75, 3.05) is 18.4 Å². The van der Waals surface area contributed by atoms with Crippen LogP contribution in [-0.2, 0) is 4.79 Å².